The zero-order valence-corrected chi connectivity index (χ0v) is 15.5. The fraction of sp³-hybridized carbons (Fsp3) is 0.0476. The standard InChI is InChI=1S/C21H13ClFN3O3/c22-14-4-1-3-13(11-14)17-16(18(27)12-5-7-15(23)8-6-12)19(28)20(29)26(17)21-24-9-2-10-25-21/h1-11,17,27H/t17-/m0/s1. The lowest BCUT2D eigenvalue weighted by molar-refractivity contribution is -0.132. The van der Waals surface area contributed by atoms with Crippen LogP contribution in [0.1, 0.15) is 17.2 Å². The summed E-state index contributed by atoms with van der Waals surface area (Å²) >= 11 is 6.11. The van der Waals surface area contributed by atoms with Crippen molar-refractivity contribution in [1.82, 2.24) is 9.97 Å². The quantitative estimate of drug-likeness (QED) is 0.403. The molecular formula is C21H13ClFN3O3. The van der Waals surface area contributed by atoms with Crippen LogP contribution >= 0.6 is 11.6 Å². The molecule has 0 spiro atoms. The van der Waals surface area contributed by atoms with Crippen LogP contribution in [0.3, 0.4) is 0 Å². The molecular weight excluding hydrogens is 397 g/mol. The molecule has 2 aromatic carbocycles. The highest BCUT2D eigenvalue weighted by Crippen LogP contribution is 2.41. The number of nitrogens with zero attached hydrogens (tertiary/aromatic N) is 3. The summed E-state index contributed by atoms with van der Waals surface area (Å²) in [6, 6.07) is 12.1. The predicted molar refractivity (Wildman–Crippen MR) is 105 cm³/mol. The number of aromatic nitrogens is 2. The Kier molecular flexibility index (Phi) is 4.82. The van der Waals surface area contributed by atoms with E-state index < -0.39 is 29.3 Å². The van der Waals surface area contributed by atoms with Crippen molar-refractivity contribution < 1.29 is 19.1 Å². The zero-order valence-electron chi connectivity index (χ0n) is 14.8. The first-order valence-corrected chi connectivity index (χ1v) is 8.94. The third kappa shape index (κ3) is 3.36. The number of ketones is 1. The summed E-state index contributed by atoms with van der Waals surface area (Å²) in [6.07, 6.45) is 2.88. The first-order valence-electron chi connectivity index (χ1n) is 8.57. The summed E-state index contributed by atoms with van der Waals surface area (Å²) < 4.78 is 13.3. The molecule has 1 fully saturated rings. The topological polar surface area (TPSA) is 83.4 Å². The molecule has 1 N–H and O–H groups in total. The third-order valence-corrected chi connectivity index (χ3v) is 4.73. The lowest BCUT2D eigenvalue weighted by Crippen LogP contribution is -2.31. The van der Waals surface area contributed by atoms with E-state index in [1.54, 1.807) is 30.3 Å². The van der Waals surface area contributed by atoms with Crippen molar-refractivity contribution in [1.29, 1.82) is 0 Å². The molecule has 8 heteroatoms. The SMILES string of the molecule is O=C1C(=O)N(c2ncccn2)[C@@H](c2cccc(Cl)c2)C1=C(O)c1ccc(F)cc1. The normalized spacial score (nSPS) is 18.3. The number of carbonyl (C=O) groups excluding carboxylic acids is 2. The number of benzene rings is 2. The van der Waals surface area contributed by atoms with Crippen LogP contribution in [0.15, 0.2) is 72.6 Å². The van der Waals surface area contributed by atoms with Crippen molar-refractivity contribution in [3.63, 3.8) is 0 Å². The Morgan fingerprint density at radius 1 is 1.03 bits per heavy atom. The molecule has 1 aliphatic rings. The van der Waals surface area contributed by atoms with Gasteiger partial charge in [-0.05, 0) is 48.0 Å². The van der Waals surface area contributed by atoms with Gasteiger partial charge in [0.05, 0.1) is 11.6 Å². The van der Waals surface area contributed by atoms with Gasteiger partial charge in [-0.1, -0.05) is 23.7 Å². The monoisotopic (exact) mass is 409 g/mol. The van der Waals surface area contributed by atoms with Crippen molar-refractivity contribution in [2.75, 3.05) is 4.90 Å². The average molecular weight is 410 g/mol. The molecule has 144 valence electrons. The van der Waals surface area contributed by atoms with Crippen molar-refractivity contribution in [2.45, 2.75) is 6.04 Å². The van der Waals surface area contributed by atoms with E-state index in [2.05, 4.69) is 9.97 Å². The van der Waals surface area contributed by atoms with E-state index in [0.29, 0.717) is 10.6 Å². The van der Waals surface area contributed by atoms with Crippen LogP contribution in [0.2, 0.25) is 5.02 Å². The molecule has 1 atom stereocenters. The van der Waals surface area contributed by atoms with Crippen molar-refractivity contribution >= 4 is 35.0 Å². The van der Waals surface area contributed by atoms with Crippen LogP contribution in [-0.4, -0.2) is 26.8 Å². The number of carbonyl (C=O) groups is 2. The second-order valence-electron chi connectivity index (χ2n) is 6.28. The van der Waals surface area contributed by atoms with Crippen LogP contribution in [0, 0.1) is 5.82 Å². The molecule has 3 aromatic rings. The number of anilines is 1. The Balaban J connectivity index is 1.95. The van der Waals surface area contributed by atoms with Gasteiger partial charge in [-0.2, -0.15) is 0 Å². The summed E-state index contributed by atoms with van der Waals surface area (Å²) in [4.78, 5) is 35.0. The molecule has 1 aromatic heterocycles. The molecule has 1 saturated heterocycles. The number of aliphatic hydroxyl groups is 1. The predicted octanol–water partition coefficient (Wildman–Crippen LogP) is 3.90. The second-order valence-corrected chi connectivity index (χ2v) is 6.72. The number of amides is 1. The van der Waals surface area contributed by atoms with E-state index in [9.17, 15) is 19.1 Å². The molecule has 6 nitrogen and oxygen atoms in total. The van der Waals surface area contributed by atoms with E-state index in [0.717, 1.165) is 17.0 Å². The minimum atomic E-state index is -0.999. The number of rotatable bonds is 3. The van der Waals surface area contributed by atoms with Crippen LogP contribution in [-0.2, 0) is 9.59 Å². The number of hydrogen-bond acceptors (Lipinski definition) is 5. The molecule has 1 amide bonds. The van der Waals surface area contributed by atoms with Gasteiger partial charge in [0.25, 0.3) is 5.78 Å². The zero-order chi connectivity index (χ0) is 20.5. The number of Topliss-reactive ketones (excluding diaryl/α,β-unsaturated/α-hetero) is 1. The maximum absolute atomic E-state index is 13.3. The number of halogens is 2. The van der Waals surface area contributed by atoms with Gasteiger partial charge < -0.3 is 5.11 Å². The maximum Gasteiger partial charge on any atom is 0.302 e. The van der Waals surface area contributed by atoms with Gasteiger partial charge in [0.1, 0.15) is 11.6 Å². The van der Waals surface area contributed by atoms with Crippen LogP contribution in [0.4, 0.5) is 10.3 Å². The highest BCUT2D eigenvalue weighted by Gasteiger charge is 2.48. The summed E-state index contributed by atoms with van der Waals surface area (Å²) in [6.45, 7) is 0. The summed E-state index contributed by atoms with van der Waals surface area (Å²) in [5.41, 5.74) is 0.537. The third-order valence-electron chi connectivity index (χ3n) is 4.49. The van der Waals surface area contributed by atoms with Gasteiger partial charge in [-0.25, -0.2) is 14.4 Å². The molecule has 0 aliphatic carbocycles. The largest absolute Gasteiger partial charge is 0.507 e. The molecule has 2 heterocycles. The molecule has 0 bridgehead atoms. The second kappa shape index (κ2) is 7.44. The van der Waals surface area contributed by atoms with Gasteiger partial charge in [0.2, 0.25) is 5.95 Å². The van der Waals surface area contributed by atoms with Gasteiger partial charge in [-0.3, -0.25) is 14.5 Å². The molecule has 0 saturated carbocycles. The van der Waals surface area contributed by atoms with Gasteiger partial charge >= 0.3 is 5.91 Å². The maximum atomic E-state index is 13.3. The lowest BCUT2D eigenvalue weighted by Gasteiger charge is -2.23. The number of hydrogen-bond donors (Lipinski definition) is 1. The highest BCUT2D eigenvalue weighted by atomic mass is 35.5. The van der Waals surface area contributed by atoms with Crippen molar-refractivity contribution in [3.05, 3.63) is 94.5 Å². The molecule has 4 rings (SSSR count). The summed E-state index contributed by atoms with van der Waals surface area (Å²) in [5, 5.41) is 11.2. The average Bonchev–Trinajstić information content (AvgIpc) is 2.99. The van der Waals surface area contributed by atoms with E-state index >= 15 is 0 Å². The van der Waals surface area contributed by atoms with E-state index in [-0.39, 0.29) is 17.1 Å². The molecule has 0 radical (unpaired) electrons. The smallest absolute Gasteiger partial charge is 0.302 e. The Morgan fingerprint density at radius 3 is 2.38 bits per heavy atom. The Bertz CT molecular complexity index is 1130. The van der Waals surface area contributed by atoms with Gasteiger partial charge in [0, 0.05) is 23.0 Å². The lowest BCUT2D eigenvalue weighted by atomic mass is 9.95. The minimum absolute atomic E-state index is 0.0118. The highest BCUT2D eigenvalue weighted by molar-refractivity contribution is 6.51. The van der Waals surface area contributed by atoms with Crippen molar-refractivity contribution in [2.24, 2.45) is 0 Å². The first-order chi connectivity index (χ1) is 14.0. The Morgan fingerprint density at radius 2 is 1.72 bits per heavy atom. The van der Waals surface area contributed by atoms with E-state index in [1.807, 2.05) is 0 Å². The Labute approximate surface area is 169 Å². The van der Waals surface area contributed by atoms with Gasteiger partial charge in [0.15, 0.2) is 0 Å². The number of aliphatic hydroxyl groups excluding tert-OH is 1. The fourth-order valence-corrected chi connectivity index (χ4v) is 3.41. The van der Waals surface area contributed by atoms with Gasteiger partial charge in [-0.15, -0.1) is 0 Å². The molecule has 1 aliphatic heterocycles. The van der Waals surface area contributed by atoms with E-state index in [1.165, 1.54) is 24.5 Å². The molecule has 0 unspecified atom stereocenters. The van der Waals surface area contributed by atoms with Crippen LogP contribution in [0.25, 0.3) is 5.76 Å². The first kappa shape index (κ1) is 18.8. The fourth-order valence-electron chi connectivity index (χ4n) is 3.21. The minimum Gasteiger partial charge on any atom is -0.507 e. The summed E-state index contributed by atoms with van der Waals surface area (Å²) in [7, 11) is 0. The van der Waals surface area contributed by atoms with Crippen molar-refractivity contribution in [3.8, 4) is 0 Å². The van der Waals surface area contributed by atoms with E-state index in [4.69, 9.17) is 11.6 Å². The summed E-state index contributed by atoms with van der Waals surface area (Å²) in [5.74, 6) is -2.69. The molecule has 29 heavy (non-hydrogen) atoms. The Hall–Kier alpha value is -3.58. The van der Waals surface area contributed by atoms with Crippen LogP contribution < -0.4 is 4.90 Å². The van der Waals surface area contributed by atoms with Crippen LogP contribution in [0.5, 0.6) is 0 Å².